The van der Waals surface area contributed by atoms with Crippen LogP contribution in [0.5, 0.6) is 0 Å². The van der Waals surface area contributed by atoms with Gasteiger partial charge in [-0.15, -0.1) is 0 Å². The second-order valence-corrected chi connectivity index (χ2v) is 6.95. The monoisotopic (exact) mass is 354 g/mol. The molecule has 0 heterocycles. The molecule has 0 fully saturated rings. The van der Waals surface area contributed by atoms with Crippen molar-refractivity contribution in [3.63, 3.8) is 0 Å². The summed E-state index contributed by atoms with van der Waals surface area (Å²) in [7, 11) is -1.19. The van der Waals surface area contributed by atoms with Crippen LogP contribution >= 0.6 is 11.6 Å². The lowest BCUT2D eigenvalue weighted by molar-refractivity contribution is -0.0258. The van der Waals surface area contributed by atoms with Crippen LogP contribution in [0.1, 0.15) is 10.4 Å². The Morgan fingerprint density at radius 2 is 1.65 bits per heavy atom. The highest BCUT2D eigenvalue weighted by Crippen LogP contribution is 2.17. The number of sulfonamides is 1. The van der Waals surface area contributed by atoms with E-state index in [2.05, 4.69) is 5.32 Å². The number of hydrogen-bond donors (Lipinski definition) is 1. The van der Waals surface area contributed by atoms with Crippen LogP contribution in [-0.4, -0.2) is 33.0 Å². The fourth-order valence-electron chi connectivity index (χ4n) is 1.76. The van der Waals surface area contributed by atoms with Gasteiger partial charge >= 0.3 is 0 Å². The first-order valence-electron chi connectivity index (χ1n) is 6.54. The lowest BCUT2D eigenvalue weighted by atomic mass is 10.2. The summed E-state index contributed by atoms with van der Waals surface area (Å²) in [5.41, 5.74) is 0.925. The first kappa shape index (κ1) is 17.4. The van der Waals surface area contributed by atoms with E-state index in [-0.39, 0.29) is 10.8 Å². The fourth-order valence-corrected chi connectivity index (χ4v) is 2.86. The van der Waals surface area contributed by atoms with Gasteiger partial charge in [-0.1, -0.05) is 16.1 Å². The van der Waals surface area contributed by atoms with Crippen LogP contribution in [0, 0.1) is 0 Å². The predicted molar refractivity (Wildman–Crippen MR) is 87.8 cm³/mol. The van der Waals surface area contributed by atoms with Gasteiger partial charge in [0, 0.05) is 23.3 Å². The van der Waals surface area contributed by atoms with E-state index in [1.54, 1.807) is 24.3 Å². The summed E-state index contributed by atoms with van der Waals surface area (Å²) >= 11 is 5.78. The summed E-state index contributed by atoms with van der Waals surface area (Å²) in [5.74, 6) is -0.351. The minimum Gasteiger partial charge on any atom is -0.322 e. The van der Waals surface area contributed by atoms with Gasteiger partial charge in [-0.25, -0.2) is 8.42 Å². The maximum absolute atomic E-state index is 12.1. The zero-order valence-electron chi connectivity index (χ0n) is 12.5. The van der Waals surface area contributed by atoms with Gasteiger partial charge in [0.2, 0.25) is 0 Å². The molecule has 6 nitrogen and oxygen atoms in total. The number of carbonyl (C=O) groups excluding carboxylic acids is 1. The van der Waals surface area contributed by atoms with Gasteiger partial charge in [-0.2, -0.15) is 0 Å². The highest BCUT2D eigenvalue weighted by molar-refractivity contribution is 7.89. The van der Waals surface area contributed by atoms with Gasteiger partial charge in [0.15, 0.2) is 0 Å². The van der Waals surface area contributed by atoms with Crippen LogP contribution in [0.25, 0.3) is 0 Å². The van der Waals surface area contributed by atoms with E-state index in [1.807, 2.05) is 0 Å². The number of hydroxylamine groups is 1. The molecule has 0 radical (unpaired) electrons. The standard InChI is InChI=1S/C15H15ClN2O4S/c1-18(22-2)23(20,21)14-9-3-11(4-10-14)15(19)17-13-7-5-12(16)6-8-13/h3-10H,1-2H3,(H,17,19). The molecule has 0 spiro atoms. The Morgan fingerprint density at radius 1 is 1.09 bits per heavy atom. The van der Waals surface area contributed by atoms with Gasteiger partial charge < -0.3 is 5.32 Å². The SMILES string of the molecule is CON(C)S(=O)(=O)c1ccc(C(=O)Nc2ccc(Cl)cc2)cc1. The van der Waals surface area contributed by atoms with E-state index >= 15 is 0 Å². The van der Waals surface area contributed by atoms with Gasteiger partial charge in [0.25, 0.3) is 15.9 Å². The van der Waals surface area contributed by atoms with Crippen molar-refractivity contribution in [2.75, 3.05) is 19.5 Å². The molecule has 122 valence electrons. The molecule has 0 saturated carbocycles. The number of rotatable bonds is 5. The third kappa shape index (κ3) is 4.08. The molecular weight excluding hydrogens is 340 g/mol. The lowest BCUT2D eigenvalue weighted by Gasteiger charge is -2.14. The van der Waals surface area contributed by atoms with Crippen LogP contribution in [0.15, 0.2) is 53.4 Å². The third-order valence-electron chi connectivity index (χ3n) is 3.11. The number of carbonyl (C=O) groups is 1. The van der Waals surface area contributed by atoms with E-state index in [4.69, 9.17) is 16.4 Å². The Bertz CT molecular complexity index is 789. The molecule has 0 aliphatic carbocycles. The van der Waals surface area contributed by atoms with Crippen molar-refractivity contribution < 1.29 is 18.0 Å². The Morgan fingerprint density at radius 3 is 2.17 bits per heavy atom. The number of halogens is 1. The maximum atomic E-state index is 12.1. The average molecular weight is 355 g/mol. The lowest BCUT2D eigenvalue weighted by Crippen LogP contribution is -2.25. The van der Waals surface area contributed by atoms with Crippen LogP contribution in [0.3, 0.4) is 0 Å². The van der Waals surface area contributed by atoms with Crippen molar-refractivity contribution in [1.29, 1.82) is 0 Å². The predicted octanol–water partition coefficient (Wildman–Crippen LogP) is 2.77. The van der Waals surface area contributed by atoms with Crippen LogP contribution < -0.4 is 5.32 Å². The first-order chi connectivity index (χ1) is 10.8. The minimum absolute atomic E-state index is 0.0323. The topological polar surface area (TPSA) is 75.7 Å². The molecule has 0 saturated heterocycles. The zero-order valence-corrected chi connectivity index (χ0v) is 14.1. The molecule has 0 atom stereocenters. The van der Waals surface area contributed by atoms with Gasteiger partial charge in [-0.3, -0.25) is 9.63 Å². The number of anilines is 1. The summed E-state index contributed by atoms with van der Waals surface area (Å²) in [6.07, 6.45) is 0. The minimum atomic E-state index is -3.73. The van der Waals surface area contributed by atoms with Crippen molar-refractivity contribution in [3.05, 3.63) is 59.1 Å². The third-order valence-corrected chi connectivity index (χ3v) is 5.06. The normalized spacial score (nSPS) is 11.5. The van der Waals surface area contributed by atoms with E-state index in [9.17, 15) is 13.2 Å². The fraction of sp³-hybridized carbons (Fsp3) is 0.133. The van der Waals surface area contributed by atoms with E-state index in [0.717, 1.165) is 4.47 Å². The Hall–Kier alpha value is -1.93. The maximum Gasteiger partial charge on any atom is 0.264 e. The molecule has 8 heteroatoms. The second kappa shape index (κ2) is 7.10. The highest BCUT2D eigenvalue weighted by atomic mass is 35.5. The molecule has 2 aromatic carbocycles. The summed E-state index contributed by atoms with van der Waals surface area (Å²) in [6, 6.07) is 12.2. The molecule has 2 rings (SSSR count). The summed E-state index contributed by atoms with van der Waals surface area (Å²) < 4.78 is 24.9. The molecule has 0 bridgehead atoms. The van der Waals surface area contributed by atoms with Crippen molar-refractivity contribution in [2.45, 2.75) is 4.90 Å². The van der Waals surface area contributed by atoms with E-state index in [0.29, 0.717) is 16.3 Å². The molecule has 0 aliphatic heterocycles. The molecule has 1 N–H and O–H groups in total. The van der Waals surface area contributed by atoms with Gasteiger partial charge in [0.05, 0.1) is 12.0 Å². The van der Waals surface area contributed by atoms with Gasteiger partial charge in [0.1, 0.15) is 0 Å². The molecule has 0 aromatic heterocycles. The van der Waals surface area contributed by atoms with Crippen molar-refractivity contribution in [2.24, 2.45) is 0 Å². The van der Waals surface area contributed by atoms with Crippen molar-refractivity contribution >= 4 is 33.2 Å². The molecule has 1 amide bonds. The number of amides is 1. The summed E-state index contributed by atoms with van der Waals surface area (Å²) in [4.78, 5) is 16.8. The molecule has 0 aliphatic rings. The summed E-state index contributed by atoms with van der Waals surface area (Å²) in [5, 5.41) is 3.26. The smallest absolute Gasteiger partial charge is 0.264 e. The van der Waals surface area contributed by atoms with Crippen molar-refractivity contribution in [3.8, 4) is 0 Å². The molecule has 23 heavy (non-hydrogen) atoms. The van der Waals surface area contributed by atoms with E-state index in [1.165, 1.54) is 38.4 Å². The van der Waals surface area contributed by atoms with Crippen LogP contribution in [0.2, 0.25) is 5.02 Å². The first-order valence-corrected chi connectivity index (χ1v) is 8.36. The molecule has 0 unspecified atom stereocenters. The van der Waals surface area contributed by atoms with Crippen LogP contribution in [0.4, 0.5) is 5.69 Å². The number of hydrogen-bond acceptors (Lipinski definition) is 4. The molecule has 2 aromatic rings. The largest absolute Gasteiger partial charge is 0.322 e. The number of nitrogens with one attached hydrogen (secondary N) is 1. The van der Waals surface area contributed by atoms with Crippen molar-refractivity contribution in [1.82, 2.24) is 4.47 Å². The average Bonchev–Trinajstić information content (AvgIpc) is 2.56. The number of benzene rings is 2. The molecular formula is C15H15ClN2O4S. The quantitative estimate of drug-likeness (QED) is 0.838. The Kier molecular flexibility index (Phi) is 5.38. The van der Waals surface area contributed by atoms with Gasteiger partial charge in [-0.05, 0) is 48.5 Å². The zero-order chi connectivity index (χ0) is 17.0. The second-order valence-electron chi connectivity index (χ2n) is 4.58. The summed E-state index contributed by atoms with van der Waals surface area (Å²) in [6.45, 7) is 0. The number of nitrogens with zero attached hydrogens (tertiary/aromatic N) is 1. The Balaban J connectivity index is 2.16. The van der Waals surface area contributed by atoms with Crippen LogP contribution in [-0.2, 0) is 14.9 Å². The van der Waals surface area contributed by atoms with E-state index < -0.39 is 10.0 Å². The Labute approximate surface area is 139 Å². The highest BCUT2D eigenvalue weighted by Gasteiger charge is 2.20.